The van der Waals surface area contributed by atoms with Crippen molar-refractivity contribution in [1.29, 1.82) is 0 Å². The molecular formula is C23H37IN6S. The summed E-state index contributed by atoms with van der Waals surface area (Å²) in [5, 5.41) is 10.1. The number of nitrogens with one attached hydrogen (secondary N) is 1. The highest BCUT2D eigenvalue weighted by Crippen LogP contribution is 2.37. The lowest BCUT2D eigenvalue weighted by Crippen LogP contribution is -2.41. The highest BCUT2D eigenvalue weighted by molar-refractivity contribution is 14.0. The zero-order valence-electron chi connectivity index (χ0n) is 19.0. The van der Waals surface area contributed by atoms with Crippen molar-refractivity contribution in [2.24, 2.45) is 23.9 Å². The fraction of sp³-hybridized carbons (Fsp3) is 0.652. The molecule has 6 nitrogen and oxygen atoms in total. The Hall–Kier alpha value is -1.13. The number of aryl methyl sites for hydroxylation is 1. The van der Waals surface area contributed by atoms with Crippen LogP contribution < -0.4 is 5.32 Å². The monoisotopic (exact) mass is 556 g/mol. The second-order valence-corrected chi connectivity index (χ2v) is 9.84. The maximum absolute atomic E-state index is 5.15. The molecule has 2 aliphatic heterocycles. The van der Waals surface area contributed by atoms with Gasteiger partial charge in [0.1, 0.15) is 0 Å². The number of rotatable bonds is 6. The Morgan fingerprint density at radius 1 is 1.29 bits per heavy atom. The van der Waals surface area contributed by atoms with Crippen LogP contribution in [0.1, 0.15) is 42.7 Å². The van der Waals surface area contributed by atoms with Gasteiger partial charge in [-0.1, -0.05) is 6.07 Å². The van der Waals surface area contributed by atoms with E-state index in [2.05, 4.69) is 57.9 Å². The molecule has 2 aromatic heterocycles. The van der Waals surface area contributed by atoms with Crippen LogP contribution in [-0.2, 0) is 13.5 Å². The van der Waals surface area contributed by atoms with Crippen LogP contribution in [0.25, 0.3) is 0 Å². The molecule has 4 heterocycles. The first-order chi connectivity index (χ1) is 14.6. The minimum absolute atomic E-state index is 0. The Labute approximate surface area is 208 Å². The van der Waals surface area contributed by atoms with Crippen LogP contribution in [-0.4, -0.2) is 65.3 Å². The fourth-order valence-corrected chi connectivity index (χ4v) is 6.07. The predicted molar refractivity (Wildman–Crippen MR) is 140 cm³/mol. The summed E-state index contributed by atoms with van der Waals surface area (Å²) in [5.41, 5.74) is 1.34. The minimum Gasteiger partial charge on any atom is -0.357 e. The summed E-state index contributed by atoms with van der Waals surface area (Å²) in [5.74, 6) is 2.37. The average Bonchev–Trinajstić information content (AvgIpc) is 3.48. The van der Waals surface area contributed by atoms with Crippen LogP contribution in [0.2, 0.25) is 0 Å². The van der Waals surface area contributed by atoms with Gasteiger partial charge in [0.2, 0.25) is 0 Å². The lowest BCUT2D eigenvalue weighted by molar-refractivity contribution is 0.128. The number of nitrogens with zero attached hydrogens (tertiary/aromatic N) is 5. The molecule has 2 aliphatic rings. The van der Waals surface area contributed by atoms with Crippen LogP contribution in [0.4, 0.5) is 0 Å². The number of hydrogen-bond acceptors (Lipinski definition) is 4. The van der Waals surface area contributed by atoms with Crippen molar-refractivity contribution in [3.8, 4) is 0 Å². The molecule has 0 aliphatic carbocycles. The summed E-state index contributed by atoms with van der Waals surface area (Å²) in [7, 11) is 4.27. The number of aromatic nitrogens is 2. The van der Waals surface area contributed by atoms with Gasteiger partial charge in [0, 0.05) is 50.3 Å². The van der Waals surface area contributed by atoms with Gasteiger partial charge < -0.3 is 10.2 Å². The van der Waals surface area contributed by atoms with E-state index in [1.165, 1.54) is 36.2 Å². The Morgan fingerprint density at radius 2 is 2.16 bits per heavy atom. The molecule has 8 heteroatoms. The molecule has 172 valence electrons. The van der Waals surface area contributed by atoms with Gasteiger partial charge in [-0.05, 0) is 75.0 Å². The molecule has 0 bridgehead atoms. The summed E-state index contributed by atoms with van der Waals surface area (Å²) >= 11 is 1.89. The number of likely N-dealkylation sites (tertiary alicyclic amines) is 2. The van der Waals surface area contributed by atoms with Gasteiger partial charge in [-0.25, -0.2) is 0 Å². The smallest absolute Gasteiger partial charge is 0.193 e. The van der Waals surface area contributed by atoms with Crippen molar-refractivity contribution in [1.82, 2.24) is 24.9 Å². The van der Waals surface area contributed by atoms with E-state index in [0.29, 0.717) is 17.9 Å². The van der Waals surface area contributed by atoms with E-state index in [4.69, 9.17) is 4.99 Å². The molecule has 4 rings (SSSR count). The first kappa shape index (κ1) is 24.5. The van der Waals surface area contributed by atoms with E-state index in [1.54, 1.807) is 0 Å². The Balaban J connectivity index is 0.00000272. The average molecular weight is 557 g/mol. The third-order valence-corrected chi connectivity index (χ3v) is 7.46. The topological polar surface area (TPSA) is 48.7 Å². The second-order valence-electron chi connectivity index (χ2n) is 8.86. The van der Waals surface area contributed by atoms with Crippen molar-refractivity contribution in [2.75, 3.05) is 39.8 Å². The number of guanidine groups is 1. The molecule has 0 amide bonds. The van der Waals surface area contributed by atoms with Crippen LogP contribution in [0, 0.1) is 11.8 Å². The molecule has 2 fully saturated rings. The summed E-state index contributed by atoms with van der Waals surface area (Å²) in [6.07, 6.45) is 9.02. The number of piperidine rings is 1. The summed E-state index contributed by atoms with van der Waals surface area (Å²) < 4.78 is 1.90. The molecule has 2 saturated heterocycles. The van der Waals surface area contributed by atoms with Crippen molar-refractivity contribution >= 4 is 41.3 Å². The molecule has 0 spiro atoms. The van der Waals surface area contributed by atoms with Gasteiger partial charge >= 0.3 is 0 Å². The first-order valence-corrected chi connectivity index (χ1v) is 12.3. The second kappa shape index (κ2) is 11.7. The normalized spacial score (nSPS) is 24.9. The van der Waals surface area contributed by atoms with Gasteiger partial charge in [-0.3, -0.25) is 14.6 Å². The highest BCUT2D eigenvalue weighted by Gasteiger charge is 2.32. The molecule has 1 N–H and O–H groups in total. The molecular weight excluding hydrogens is 519 g/mol. The molecule has 3 atom stereocenters. The molecule has 31 heavy (non-hydrogen) atoms. The Bertz CT molecular complexity index is 820. The number of aliphatic imine (C=N–C) groups is 1. The van der Waals surface area contributed by atoms with Crippen LogP contribution >= 0.6 is 35.3 Å². The van der Waals surface area contributed by atoms with E-state index in [0.717, 1.165) is 38.6 Å². The van der Waals surface area contributed by atoms with Gasteiger partial charge in [0.15, 0.2) is 5.96 Å². The quantitative estimate of drug-likeness (QED) is 0.332. The minimum atomic E-state index is 0. The Kier molecular flexibility index (Phi) is 9.21. The zero-order valence-corrected chi connectivity index (χ0v) is 22.2. The first-order valence-electron chi connectivity index (χ1n) is 11.4. The van der Waals surface area contributed by atoms with E-state index >= 15 is 0 Å². The SMILES string of the molecule is CCNC(=NCC1CCCN(C)C1c1cccs1)N1CCC(Cc2cnn(C)c2)C1.I. The van der Waals surface area contributed by atoms with Gasteiger partial charge in [0.25, 0.3) is 0 Å². The fourth-order valence-electron chi connectivity index (χ4n) is 5.09. The van der Waals surface area contributed by atoms with E-state index < -0.39 is 0 Å². The number of hydrogen-bond donors (Lipinski definition) is 1. The number of halogens is 1. The summed E-state index contributed by atoms with van der Waals surface area (Å²) in [6, 6.07) is 4.98. The van der Waals surface area contributed by atoms with Crippen LogP contribution in [0.5, 0.6) is 0 Å². The third-order valence-electron chi connectivity index (χ3n) is 6.52. The van der Waals surface area contributed by atoms with Gasteiger partial charge in [-0.15, -0.1) is 35.3 Å². The molecule has 2 aromatic rings. The molecule has 0 radical (unpaired) electrons. The zero-order chi connectivity index (χ0) is 20.9. The molecule has 3 unspecified atom stereocenters. The standard InChI is InChI=1S/C23H36N6S.HI/c1-4-24-23(29-11-9-18(17-29)13-19-14-26-28(3)16-19)25-15-20-7-5-10-27(2)22(20)21-8-6-12-30-21;/h6,8,12,14,16,18,20,22H,4-5,7,9-11,13,15,17H2,1-3H3,(H,24,25);1H. The molecule has 0 aromatic carbocycles. The highest BCUT2D eigenvalue weighted by atomic mass is 127. The number of thiophene rings is 1. The maximum atomic E-state index is 5.15. The van der Waals surface area contributed by atoms with Gasteiger partial charge in [-0.2, -0.15) is 5.10 Å². The van der Waals surface area contributed by atoms with E-state index in [9.17, 15) is 0 Å². The van der Waals surface area contributed by atoms with E-state index in [-0.39, 0.29) is 24.0 Å². The maximum Gasteiger partial charge on any atom is 0.193 e. The summed E-state index contributed by atoms with van der Waals surface area (Å²) in [4.78, 5) is 11.6. The van der Waals surface area contributed by atoms with Crippen molar-refractivity contribution in [2.45, 2.75) is 38.6 Å². The van der Waals surface area contributed by atoms with Crippen LogP contribution in [0.15, 0.2) is 34.9 Å². The summed E-state index contributed by atoms with van der Waals surface area (Å²) in [6.45, 7) is 7.35. The van der Waals surface area contributed by atoms with E-state index in [1.807, 2.05) is 29.3 Å². The third kappa shape index (κ3) is 6.22. The van der Waals surface area contributed by atoms with Crippen LogP contribution in [0.3, 0.4) is 0 Å². The molecule has 0 saturated carbocycles. The lowest BCUT2D eigenvalue weighted by Gasteiger charge is -2.38. The van der Waals surface area contributed by atoms with Crippen molar-refractivity contribution in [3.63, 3.8) is 0 Å². The lowest BCUT2D eigenvalue weighted by atomic mass is 9.88. The Morgan fingerprint density at radius 3 is 2.87 bits per heavy atom. The van der Waals surface area contributed by atoms with Crippen molar-refractivity contribution < 1.29 is 0 Å². The predicted octanol–water partition coefficient (Wildman–Crippen LogP) is 4.01. The largest absolute Gasteiger partial charge is 0.357 e. The van der Waals surface area contributed by atoms with Gasteiger partial charge in [0.05, 0.1) is 6.20 Å². The van der Waals surface area contributed by atoms with Crippen molar-refractivity contribution in [3.05, 3.63) is 40.3 Å².